The van der Waals surface area contributed by atoms with Crippen LogP contribution in [-0.2, 0) is 25.8 Å². The molecular weight excluding hydrogens is 431 g/mol. The van der Waals surface area contributed by atoms with Crippen LogP contribution < -0.4 is 0 Å². The molecule has 0 aliphatic heterocycles. The number of aryl methyl sites for hydroxylation is 3. The summed E-state index contributed by atoms with van der Waals surface area (Å²) in [6.07, 6.45) is 3.66. The summed E-state index contributed by atoms with van der Waals surface area (Å²) >= 11 is 0. The zero-order chi connectivity index (χ0) is 23.9. The van der Waals surface area contributed by atoms with Crippen LogP contribution >= 0.6 is 0 Å². The van der Waals surface area contributed by atoms with E-state index in [1.807, 2.05) is 18.2 Å². The third-order valence-corrected chi connectivity index (χ3v) is 6.38. The van der Waals surface area contributed by atoms with Gasteiger partial charge in [-0.15, -0.1) is 0 Å². The fraction of sp³-hybridized carbons (Fsp3) is 0.156. The van der Waals surface area contributed by atoms with E-state index in [9.17, 15) is 4.39 Å². The first-order chi connectivity index (χ1) is 17.3. The molecule has 0 aliphatic carbocycles. The van der Waals surface area contributed by atoms with Crippen molar-refractivity contribution in [2.75, 3.05) is 0 Å². The van der Waals surface area contributed by atoms with Gasteiger partial charge in [0.1, 0.15) is 11.6 Å². The lowest BCUT2D eigenvalue weighted by molar-refractivity contribution is 0.611. The average Bonchev–Trinajstić information content (AvgIpc) is 3.28. The number of aromatic nitrogens is 2. The van der Waals surface area contributed by atoms with Gasteiger partial charge in [-0.2, -0.15) is 0 Å². The molecule has 0 N–H and O–H groups in total. The van der Waals surface area contributed by atoms with Crippen LogP contribution in [0.1, 0.15) is 23.4 Å². The number of hydrogen-bond donors (Lipinski definition) is 0. The fourth-order valence-corrected chi connectivity index (χ4v) is 4.61. The van der Waals surface area contributed by atoms with E-state index >= 15 is 0 Å². The van der Waals surface area contributed by atoms with Crippen molar-refractivity contribution in [2.24, 2.45) is 0 Å². The van der Waals surface area contributed by atoms with Crippen LogP contribution in [0.4, 0.5) is 4.39 Å². The van der Waals surface area contributed by atoms with Crippen LogP contribution in [0.5, 0.6) is 0 Å². The lowest BCUT2D eigenvalue weighted by Gasteiger charge is -2.14. The quantitative estimate of drug-likeness (QED) is 0.220. The highest BCUT2D eigenvalue weighted by Crippen LogP contribution is 2.33. The summed E-state index contributed by atoms with van der Waals surface area (Å²) < 4.78 is 15.8. The number of rotatable bonds is 9. The van der Waals surface area contributed by atoms with Crippen LogP contribution in [0.15, 0.2) is 115 Å². The molecule has 0 spiro atoms. The Labute approximate surface area is 206 Å². The number of benzene rings is 4. The Kier molecular flexibility index (Phi) is 7.14. The third kappa shape index (κ3) is 5.58. The van der Waals surface area contributed by atoms with Crippen LogP contribution in [0.25, 0.3) is 22.5 Å². The highest BCUT2D eigenvalue weighted by molar-refractivity contribution is 5.79. The molecule has 5 rings (SSSR count). The van der Waals surface area contributed by atoms with Gasteiger partial charge in [0.25, 0.3) is 0 Å². The van der Waals surface area contributed by atoms with Gasteiger partial charge in [-0.25, -0.2) is 9.37 Å². The van der Waals surface area contributed by atoms with E-state index in [0.29, 0.717) is 0 Å². The predicted octanol–water partition coefficient (Wildman–Crippen LogP) is 7.77. The molecule has 0 atom stereocenters. The van der Waals surface area contributed by atoms with Crippen molar-refractivity contribution >= 4 is 0 Å². The van der Waals surface area contributed by atoms with Gasteiger partial charge in [-0.05, 0) is 42.5 Å². The lowest BCUT2D eigenvalue weighted by Crippen LogP contribution is -2.08. The molecule has 4 aromatic carbocycles. The Bertz CT molecular complexity index is 1340. The normalized spacial score (nSPS) is 11.0. The second kappa shape index (κ2) is 11.0. The Morgan fingerprint density at radius 3 is 1.80 bits per heavy atom. The molecule has 0 saturated carbocycles. The zero-order valence-electron chi connectivity index (χ0n) is 19.8. The molecule has 1 heterocycles. The van der Waals surface area contributed by atoms with Crippen LogP contribution in [0.2, 0.25) is 0 Å². The SMILES string of the molecule is Fc1ccc(CCc2nc(-c3ccccc3)c(-c3ccccc3)n2CCCc2ccccc2)cc1. The van der Waals surface area contributed by atoms with Gasteiger partial charge in [0.15, 0.2) is 0 Å². The molecule has 0 amide bonds. The maximum absolute atomic E-state index is 13.4. The predicted molar refractivity (Wildman–Crippen MR) is 142 cm³/mol. The maximum atomic E-state index is 13.4. The number of halogens is 1. The molecule has 0 radical (unpaired) electrons. The molecule has 0 unspecified atom stereocenters. The van der Waals surface area contributed by atoms with E-state index in [1.54, 1.807) is 0 Å². The third-order valence-electron chi connectivity index (χ3n) is 6.38. The van der Waals surface area contributed by atoms with Crippen LogP contribution in [0, 0.1) is 5.82 Å². The molecule has 2 nitrogen and oxygen atoms in total. The second-order valence-corrected chi connectivity index (χ2v) is 8.82. The Hall–Kier alpha value is -3.98. The number of imidazole rings is 1. The van der Waals surface area contributed by atoms with Gasteiger partial charge in [0.2, 0.25) is 0 Å². The minimum atomic E-state index is -0.200. The fourth-order valence-electron chi connectivity index (χ4n) is 4.61. The van der Waals surface area contributed by atoms with Crippen molar-refractivity contribution in [3.05, 3.63) is 138 Å². The monoisotopic (exact) mass is 460 g/mol. The van der Waals surface area contributed by atoms with Crippen molar-refractivity contribution in [1.82, 2.24) is 9.55 Å². The summed E-state index contributed by atoms with van der Waals surface area (Å²) in [5, 5.41) is 0. The van der Waals surface area contributed by atoms with Crippen LogP contribution in [-0.4, -0.2) is 9.55 Å². The summed E-state index contributed by atoms with van der Waals surface area (Å²) in [7, 11) is 0. The molecule has 5 aromatic rings. The van der Waals surface area contributed by atoms with Crippen LogP contribution in [0.3, 0.4) is 0 Å². The number of hydrogen-bond acceptors (Lipinski definition) is 1. The van der Waals surface area contributed by atoms with Crippen molar-refractivity contribution in [3.63, 3.8) is 0 Å². The first-order valence-electron chi connectivity index (χ1n) is 12.3. The van der Waals surface area contributed by atoms with Gasteiger partial charge < -0.3 is 4.57 Å². The summed E-state index contributed by atoms with van der Waals surface area (Å²) in [6.45, 7) is 0.887. The average molecular weight is 461 g/mol. The minimum absolute atomic E-state index is 0.200. The second-order valence-electron chi connectivity index (χ2n) is 8.82. The summed E-state index contributed by atoms with van der Waals surface area (Å²) in [5.74, 6) is 0.869. The van der Waals surface area contributed by atoms with E-state index in [2.05, 4.69) is 89.5 Å². The Morgan fingerprint density at radius 1 is 0.571 bits per heavy atom. The van der Waals surface area contributed by atoms with E-state index in [0.717, 1.165) is 54.9 Å². The topological polar surface area (TPSA) is 17.8 Å². The highest BCUT2D eigenvalue weighted by Gasteiger charge is 2.19. The Balaban J connectivity index is 1.52. The van der Waals surface area contributed by atoms with Gasteiger partial charge >= 0.3 is 0 Å². The largest absolute Gasteiger partial charge is 0.327 e. The summed E-state index contributed by atoms with van der Waals surface area (Å²) in [4.78, 5) is 5.20. The first-order valence-corrected chi connectivity index (χ1v) is 12.3. The van der Waals surface area contributed by atoms with E-state index < -0.39 is 0 Å². The molecule has 3 heteroatoms. The standard InChI is InChI=1S/C32H29FN2/c33-29-21-18-26(19-22-29)20-23-30-34-31(27-14-6-2-7-15-27)32(28-16-8-3-9-17-28)35(30)24-10-13-25-11-4-1-5-12-25/h1-9,11-12,14-19,21-22H,10,13,20,23-24H2. The number of nitrogens with zero attached hydrogens (tertiary/aromatic N) is 2. The molecule has 1 aromatic heterocycles. The zero-order valence-corrected chi connectivity index (χ0v) is 19.8. The molecule has 0 fully saturated rings. The van der Waals surface area contributed by atoms with Crippen molar-refractivity contribution in [1.29, 1.82) is 0 Å². The molecule has 35 heavy (non-hydrogen) atoms. The molecule has 0 saturated heterocycles. The van der Waals surface area contributed by atoms with Crippen molar-refractivity contribution in [2.45, 2.75) is 32.2 Å². The van der Waals surface area contributed by atoms with Gasteiger partial charge in [-0.1, -0.05) is 103 Å². The minimum Gasteiger partial charge on any atom is -0.327 e. The van der Waals surface area contributed by atoms with E-state index in [-0.39, 0.29) is 5.82 Å². The van der Waals surface area contributed by atoms with Crippen molar-refractivity contribution in [3.8, 4) is 22.5 Å². The summed E-state index contributed by atoms with van der Waals surface area (Å²) in [6, 6.07) is 38.5. The molecule has 0 bridgehead atoms. The Morgan fingerprint density at radius 2 is 1.14 bits per heavy atom. The molecular formula is C32H29FN2. The maximum Gasteiger partial charge on any atom is 0.123 e. The lowest BCUT2D eigenvalue weighted by atomic mass is 10.0. The molecule has 0 aliphatic rings. The molecule has 174 valence electrons. The van der Waals surface area contributed by atoms with Gasteiger partial charge in [0.05, 0.1) is 11.4 Å². The first kappa shape index (κ1) is 22.8. The van der Waals surface area contributed by atoms with E-state index in [4.69, 9.17) is 4.98 Å². The summed E-state index contributed by atoms with van der Waals surface area (Å²) in [5.41, 5.74) is 6.95. The van der Waals surface area contributed by atoms with E-state index in [1.165, 1.54) is 29.0 Å². The van der Waals surface area contributed by atoms with Gasteiger partial charge in [0, 0.05) is 24.1 Å². The van der Waals surface area contributed by atoms with Crippen molar-refractivity contribution < 1.29 is 4.39 Å². The van der Waals surface area contributed by atoms with Gasteiger partial charge in [-0.3, -0.25) is 0 Å². The smallest absolute Gasteiger partial charge is 0.123 e. The highest BCUT2D eigenvalue weighted by atomic mass is 19.1.